The Hall–Kier alpha value is -0.770. The van der Waals surface area contributed by atoms with E-state index in [9.17, 15) is 0 Å². The molecule has 0 aliphatic carbocycles. The summed E-state index contributed by atoms with van der Waals surface area (Å²) in [4.78, 5) is 4.41. The van der Waals surface area contributed by atoms with Gasteiger partial charge in [0.05, 0.1) is 17.2 Å². The molecule has 0 aromatic heterocycles. The van der Waals surface area contributed by atoms with Crippen molar-refractivity contribution in [3.05, 3.63) is 28.2 Å². The lowest BCUT2D eigenvalue weighted by atomic mass is 10.1. The van der Waals surface area contributed by atoms with Gasteiger partial charge in [0.15, 0.2) is 0 Å². The summed E-state index contributed by atoms with van der Waals surface area (Å²) in [6.45, 7) is 0.739. The van der Waals surface area contributed by atoms with Crippen LogP contribution in [-0.4, -0.2) is 25.7 Å². The third kappa shape index (κ3) is 3.16. The average molecular weight is 288 g/mol. The van der Waals surface area contributed by atoms with E-state index in [1.165, 1.54) is 0 Å². The van der Waals surface area contributed by atoms with Gasteiger partial charge in [0.1, 0.15) is 11.8 Å². The lowest BCUT2D eigenvalue weighted by molar-refractivity contribution is 0.0453. The van der Waals surface area contributed by atoms with E-state index in [0.29, 0.717) is 21.6 Å². The van der Waals surface area contributed by atoms with Crippen molar-refractivity contribution < 1.29 is 9.47 Å². The average Bonchev–Trinajstić information content (AvgIpc) is 2.40. The fourth-order valence-electron chi connectivity index (χ4n) is 1.89. The van der Waals surface area contributed by atoms with Crippen LogP contribution in [-0.2, 0) is 9.47 Å². The minimum Gasteiger partial charge on any atom is -0.482 e. The Labute approximate surface area is 117 Å². The molecule has 1 atom stereocenters. The fourth-order valence-corrected chi connectivity index (χ4v) is 2.37. The summed E-state index contributed by atoms with van der Waals surface area (Å²) in [5.41, 5.74) is 0.534. The van der Waals surface area contributed by atoms with Gasteiger partial charge in [-0.15, -0.1) is 0 Å². The second-order valence-corrected chi connectivity index (χ2v) is 4.89. The van der Waals surface area contributed by atoms with Gasteiger partial charge in [-0.1, -0.05) is 29.3 Å². The predicted octanol–water partition coefficient (Wildman–Crippen LogP) is 4.24. The van der Waals surface area contributed by atoms with E-state index in [0.717, 1.165) is 25.9 Å². The Balaban J connectivity index is 2.28. The first kappa shape index (κ1) is 13.7. The van der Waals surface area contributed by atoms with Crippen LogP contribution in [0.3, 0.4) is 0 Å². The number of benzene rings is 1. The molecule has 0 saturated carbocycles. The maximum atomic E-state index is 6.08. The van der Waals surface area contributed by atoms with Gasteiger partial charge in [-0.2, -0.15) is 0 Å². The molecule has 1 heterocycles. The van der Waals surface area contributed by atoms with Gasteiger partial charge < -0.3 is 9.47 Å². The zero-order valence-corrected chi connectivity index (χ0v) is 11.7. The van der Waals surface area contributed by atoms with E-state index in [1.807, 2.05) is 0 Å². The Bertz CT molecular complexity index is 422. The number of hydrogen-bond acceptors (Lipinski definition) is 3. The van der Waals surface area contributed by atoms with Crippen molar-refractivity contribution in [2.45, 2.75) is 25.4 Å². The monoisotopic (exact) mass is 287 g/mol. The SMILES string of the molecule is COC(=Nc1c(Cl)cccc1Cl)C1CCCCO1. The standard InChI is InChI=1S/C13H15Cl2NO2/c1-17-13(11-7-2-3-8-18-11)16-12-9(14)5-4-6-10(12)15/h4-6,11H,2-3,7-8H2,1H3. The summed E-state index contributed by atoms with van der Waals surface area (Å²) < 4.78 is 11.0. The minimum atomic E-state index is -0.101. The summed E-state index contributed by atoms with van der Waals surface area (Å²) in [6, 6.07) is 5.29. The van der Waals surface area contributed by atoms with E-state index in [-0.39, 0.29) is 6.10 Å². The number of methoxy groups -OCH3 is 1. The van der Waals surface area contributed by atoms with Crippen molar-refractivity contribution in [1.29, 1.82) is 0 Å². The van der Waals surface area contributed by atoms with Gasteiger partial charge in [0.25, 0.3) is 0 Å². The van der Waals surface area contributed by atoms with E-state index >= 15 is 0 Å². The first-order chi connectivity index (χ1) is 8.72. The van der Waals surface area contributed by atoms with Crippen LogP contribution in [0.4, 0.5) is 5.69 Å². The number of rotatable bonds is 2. The topological polar surface area (TPSA) is 30.8 Å². The first-order valence-corrected chi connectivity index (χ1v) is 6.66. The van der Waals surface area contributed by atoms with Gasteiger partial charge in [0, 0.05) is 6.61 Å². The maximum Gasteiger partial charge on any atom is 0.218 e. The van der Waals surface area contributed by atoms with E-state index in [4.69, 9.17) is 32.7 Å². The molecular formula is C13H15Cl2NO2. The van der Waals surface area contributed by atoms with Crippen molar-refractivity contribution in [3.8, 4) is 0 Å². The molecule has 0 bridgehead atoms. The molecule has 0 amide bonds. The van der Waals surface area contributed by atoms with E-state index in [2.05, 4.69) is 4.99 Å². The van der Waals surface area contributed by atoms with Crippen molar-refractivity contribution in [3.63, 3.8) is 0 Å². The number of nitrogens with zero attached hydrogens (tertiary/aromatic N) is 1. The van der Waals surface area contributed by atoms with Crippen LogP contribution in [0.1, 0.15) is 19.3 Å². The Kier molecular flexibility index (Phi) is 4.87. The van der Waals surface area contributed by atoms with E-state index in [1.54, 1.807) is 25.3 Å². The molecule has 1 aromatic rings. The number of halogens is 2. The molecule has 3 nitrogen and oxygen atoms in total. The summed E-state index contributed by atoms with van der Waals surface area (Å²) in [7, 11) is 1.58. The first-order valence-electron chi connectivity index (χ1n) is 5.90. The van der Waals surface area contributed by atoms with Crippen LogP contribution in [0.25, 0.3) is 0 Å². The fraction of sp³-hybridized carbons (Fsp3) is 0.462. The number of para-hydroxylation sites is 1. The molecular weight excluding hydrogens is 273 g/mol. The van der Waals surface area contributed by atoms with Crippen LogP contribution < -0.4 is 0 Å². The number of aliphatic imine (C=N–C) groups is 1. The highest BCUT2D eigenvalue weighted by atomic mass is 35.5. The van der Waals surface area contributed by atoms with E-state index < -0.39 is 0 Å². The van der Waals surface area contributed by atoms with Crippen LogP contribution >= 0.6 is 23.2 Å². The van der Waals surface area contributed by atoms with Crippen LogP contribution in [0.15, 0.2) is 23.2 Å². The molecule has 1 aliphatic heterocycles. The third-order valence-corrected chi connectivity index (χ3v) is 3.43. The Morgan fingerprint density at radius 1 is 1.33 bits per heavy atom. The number of hydrogen-bond donors (Lipinski definition) is 0. The molecule has 0 spiro atoms. The highest BCUT2D eigenvalue weighted by molar-refractivity contribution is 6.38. The zero-order chi connectivity index (χ0) is 13.0. The van der Waals surface area contributed by atoms with Crippen molar-refractivity contribution in [1.82, 2.24) is 0 Å². The molecule has 5 heteroatoms. The molecule has 1 saturated heterocycles. The molecule has 1 fully saturated rings. The summed E-state index contributed by atoms with van der Waals surface area (Å²) in [6.07, 6.45) is 3.01. The van der Waals surface area contributed by atoms with Crippen LogP contribution in [0.2, 0.25) is 10.0 Å². The Morgan fingerprint density at radius 3 is 2.61 bits per heavy atom. The van der Waals surface area contributed by atoms with Crippen LogP contribution in [0.5, 0.6) is 0 Å². The smallest absolute Gasteiger partial charge is 0.218 e. The molecule has 1 aromatic carbocycles. The second kappa shape index (κ2) is 6.41. The lowest BCUT2D eigenvalue weighted by Crippen LogP contribution is -2.29. The molecule has 0 radical (unpaired) electrons. The highest BCUT2D eigenvalue weighted by Crippen LogP contribution is 2.33. The van der Waals surface area contributed by atoms with Crippen LogP contribution in [0, 0.1) is 0 Å². The Morgan fingerprint density at radius 2 is 2.06 bits per heavy atom. The van der Waals surface area contributed by atoms with Gasteiger partial charge in [0.2, 0.25) is 5.90 Å². The molecule has 2 rings (SSSR count). The normalized spacial score (nSPS) is 20.8. The molecule has 1 unspecified atom stereocenters. The third-order valence-electron chi connectivity index (χ3n) is 2.82. The largest absolute Gasteiger partial charge is 0.482 e. The molecule has 0 N–H and O–H groups in total. The summed E-state index contributed by atoms with van der Waals surface area (Å²) in [5, 5.41) is 1.01. The van der Waals surface area contributed by atoms with Crippen molar-refractivity contribution >= 4 is 34.8 Å². The summed E-state index contributed by atoms with van der Waals surface area (Å²) >= 11 is 12.2. The second-order valence-electron chi connectivity index (χ2n) is 4.08. The van der Waals surface area contributed by atoms with Crippen molar-refractivity contribution in [2.75, 3.05) is 13.7 Å². The van der Waals surface area contributed by atoms with Gasteiger partial charge in [-0.25, -0.2) is 4.99 Å². The number of ether oxygens (including phenoxy) is 2. The molecule has 98 valence electrons. The highest BCUT2D eigenvalue weighted by Gasteiger charge is 2.21. The van der Waals surface area contributed by atoms with Gasteiger partial charge in [-0.05, 0) is 31.4 Å². The van der Waals surface area contributed by atoms with Crippen molar-refractivity contribution in [2.24, 2.45) is 4.99 Å². The molecule has 1 aliphatic rings. The maximum absolute atomic E-state index is 6.08. The van der Waals surface area contributed by atoms with Gasteiger partial charge >= 0.3 is 0 Å². The molecule has 18 heavy (non-hydrogen) atoms. The van der Waals surface area contributed by atoms with Gasteiger partial charge in [-0.3, -0.25) is 0 Å². The quantitative estimate of drug-likeness (QED) is 0.602. The predicted molar refractivity (Wildman–Crippen MR) is 74.2 cm³/mol. The minimum absolute atomic E-state index is 0.101. The zero-order valence-electron chi connectivity index (χ0n) is 10.2. The summed E-state index contributed by atoms with van der Waals surface area (Å²) in [5.74, 6) is 0.532. The lowest BCUT2D eigenvalue weighted by Gasteiger charge is -2.23.